The van der Waals surface area contributed by atoms with Gasteiger partial charge in [-0.1, -0.05) is 51.1 Å². The van der Waals surface area contributed by atoms with E-state index in [9.17, 15) is 0 Å². The Morgan fingerprint density at radius 2 is 1.85 bits per heavy atom. The summed E-state index contributed by atoms with van der Waals surface area (Å²) in [6, 6.07) is 12.2. The molecule has 2 rings (SSSR count). The molecule has 0 spiro atoms. The van der Waals surface area contributed by atoms with Crippen molar-refractivity contribution in [1.82, 2.24) is 9.78 Å². The minimum absolute atomic E-state index is 0.0357. The van der Waals surface area contributed by atoms with Crippen molar-refractivity contribution in [2.75, 3.05) is 12.4 Å². The number of nitrogens with one attached hydrogen (secondary N) is 1. The molecule has 106 valence electrons. The molecular weight excluding hydrogens is 248 g/mol. The van der Waals surface area contributed by atoms with Crippen LogP contribution in [-0.4, -0.2) is 22.7 Å². The van der Waals surface area contributed by atoms with Gasteiger partial charge in [-0.2, -0.15) is 5.10 Å². The number of aromatic nitrogens is 2. The lowest BCUT2D eigenvalue weighted by Gasteiger charge is -2.13. The molecule has 1 aromatic carbocycles. The summed E-state index contributed by atoms with van der Waals surface area (Å²) in [7, 11) is 3.73. The number of aliphatic imine (C=N–C) groups is 1. The van der Waals surface area contributed by atoms with Gasteiger partial charge in [0.15, 0.2) is 0 Å². The number of anilines is 1. The van der Waals surface area contributed by atoms with E-state index in [1.807, 2.05) is 42.1 Å². The minimum atomic E-state index is 0.0357. The van der Waals surface area contributed by atoms with Crippen LogP contribution in [0.15, 0.2) is 41.4 Å². The van der Waals surface area contributed by atoms with Crippen molar-refractivity contribution < 1.29 is 0 Å². The zero-order valence-corrected chi connectivity index (χ0v) is 12.8. The van der Waals surface area contributed by atoms with Crippen LogP contribution < -0.4 is 5.32 Å². The largest absolute Gasteiger partial charge is 0.325 e. The van der Waals surface area contributed by atoms with E-state index in [1.54, 1.807) is 7.05 Å². The lowest BCUT2D eigenvalue weighted by Crippen LogP contribution is -2.15. The average Bonchev–Trinajstić information content (AvgIpc) is 2.78. The highest BCUT2D eigenvalue weighted by Crippen LogP contribution is 2.23. The third-order valence-corrected chi connectivity index (χ3v) is 3.17. The van der Waals surface area contributed by atoms with E-state index in [1.165, 1.54) is 0 Å². The molecule has 0 aliphatic carbocycles. The van der Waals surface area contributed by atoms with E-state index in [-0.39, 0.29) is 5.41 Å². The molecule has 0 saturated carbocycles. The fourth-order valence-corrected chi connectivity index (χ4v) is 1.93. The Morgan fingerprint density at radius 1 is 1.20 bits per heavy atom. The molecule has 4 heteroatoms. The van der Waals surface area contributed by atoms with Crippen LogP contribution in [-0.2, 0) is 12.5 Å². The molecule has 1 aromatic heterocycles. The monoisotopic (exact) mass is 270 g/mol. The van der Waals surface area contributed by atoms with Crippen molar-refractivity contribution in [3.63, 3.8) is 0 Å². The second-order valence-electron chi connectivity index (χ2n) is 5.85. The predicted molar refractivity (Wildman–Crippen MR) is 84.4 cm³/mol. The van der Waals surface area contributed by atoms with Crippen molar-refractivity contribution in [2.45, 2.75) is 26.2 Å². The fourth-order valence-electron chi connectivity index (χ4n) is 1.93. The number of hydrogen-bond acceptors (Lipinski definition) is 2. The van der Waals surface area contributed by atoms with Crippen LogP contribution in [0.25, 0.3) is 0 Å². The molecule has 1 N–H and O–H groups in total. The van der Waals surface area contributed by atoms with Crippen LogP contribution in [0.5, 0.6) is 0 Å². The maximum absolute atomic E-state index is 4.56. The van der Waals surface area contributed by atoms with Crippen LogP contribution in [0.2, 0.25) is 0 Å². The maximum Gasteiger partial charge on any atom is 0.133 e. The van der Waals surface area contributed by atoms with Gasteiger partial charge in [-0.15, -0.1) is 0 Å². The molecule has 0 aliphatic rings. The molecule has 0 unspecified atom stereocenters. The number of rotatable bonds is 2. The van der Waals surface area contributed by atoms with E-state index in [4.69, 9.17) is 0 Å². The summed E-state index contributed by atoms with van der Waals surface area (Å²) < 4.78 is 1.86. The highest BCUT2D eigenvalue weighted by Gasteiger charge is 2.19. The van der Waals surface area contributed by atoms with Gasteiger partial charge in [-0.25, -0.2) is 0 Å². The third kappa shape index (κ3) is 3.07. The Bertz CT molecular complexity index is 603. The Kier molecular flexibility index (Phi) is 3.93. The first kappa shape index (κ1) is 14.3. The molecule has 2 aromatic rings. The Hall–Kier alpha value is -2.10. The van der Waals surface area contributed by atoms with E-state index >= 15 is 0 Å². The van der Waals surface area contributed by atoms with Gasteiger partial charge in [0.05, 0.1) is 5.69 Å². The van der Waals surface area contributed by atoms with Gasteiger partial charge >= 0.3 is 0 Å². The molecule has 0 aliphatic heterocycles. The fraction of sp³-hybridized carbons (Fsp3) is 0.375. The molecule has 1 heterocycles. The summed E-state index contributed by atoms with van der Waals surface area (Å²) in [6.07, 6.45) is 0. The van der Waals surface area contributed by atoms with E-state index in [2.05, 4.69) is 42.2 Å². The Morgan fingerprint density at radius 3 is 2.35 bits per heavy atom. The number of nitrogens with zero attached hydrogens (tertiary/aromatic N) is 3. The summed E-state index contributed by atoms with van der Waals surface area (Å²) in [5, 5.41) is 7.92. The normalized spacial score (nSPS) is 12.6. The Balaban J connectivity index is 2.28. The molecule has 0 saturated heterocycles. The lowest BCUT2D eigenvalue weighted by atomic mass is 9.92. The predicted octanol–water partition coefficient (Wildman–Crippen LogP) is 3.21. The highest BCUT2D eigenvalue weighted by atomic mass is 15.3. The summed E-state index contributed by atoms with van der Waals surface area (Å²) in [5.41, 5.74) is 2.16. The number of amidine groups is 1. The number of benzene rings is 1. The van der Waals surface area contributed by atoms with Crippen LogP contribution in [0.4, 0.5) is 5.82 Å². The topological polar surface area (TPSA) is 42.2 Å². The van der Waals surface area contributed by atoms with E-state index in [0.717, 1.165) is 22.9 Å². The van der Waals surface area contributed by atoms with Crippen molar-refractivity contribution in [1.29, 1.82) is 0 Å². The zero-order valence-electron chi connectivity index (χ0n) is 12.8. The summed E-state index contributed by atoms with van der Waals surface area (Å²) in [4.78, 5) is 4.33. The lowest BCUT2D eigenvalue weighted by molar-refractivity contribution is 0.553. The van der Waals surface area contributed by atoms with Crippen molar-refractivity contribution >= 4 is 11.7 Å². The zero-order chi connectivity index (χ0) is 14.8. The first-order valence-corrected chi connectivity index (χ1v) is 6.75. The molecule has 20 heavy (non-hydrogen) atoms. The SMILES string of the molecule is CN=C(Nc1cc(C(C)(C)C)nn1C)c1ccccc1. The first-order valence-electron chi connectivity index (χ1n) is 6.75. The summed E-state index contributed by atoms with van der Waals surface area (Å²) >= 11 is 0. The molecule has 4 nitrogen and oxygen atoms in total. The van der Waals surface area contributed by atoms with Crippen molar-refractivity contribution in [2.24, 2.45) is 12.0 Å². The summed E-state index contributed by atoms with van der Waals surface area (Å²) in [6.45, 7) is 6.47. The average molecular weight is 270 g/mol. The number of aryl methyl sites for hydroxylation is 1. The molecule has 0 bridgehead atoms. The summed E-state index contributed by atoms with van der Waals surface area (Å²) in [5.74, 6) is 1.79. The smallest absolute Gasteiger partial charge is 0.133 e. The Labute approximate surface area is 120 Å². The van der Waals surface area contributed by atoms with Crippen molar-refractivity contribution in [3.8, 4) is 0 Å². The van der Waals surface area contributed by atoms with Gasteiger partial charge in [0.2, 0.25) is 0 Å². The van der Waals surface area contributed by atoms with Crippen LogP contribution in [0, 0.1) is 0 Å². The van der Waals surface area contributed by atoms with Crippen LogP contribution >= 0.6 is 0 Å². The first-order chi connectivity index (χ1) is 9.41. The number of hydrogen-bond donors (Lipinski definition) is 1. The van der Waals surface area contributed by atoms with Gasteiger partial charge in [-0.05, 0) is 0 Å². The molecule has 0 amide bonds. The molecule has 0 atom stereocenters. The van der Waals surface area contributed by atoms with Gasteiger partial charge in [0, 0.05) is 31.1 Å². The van der Waals surface area contributed by atoms with Gasteiger partial charge in [-0.3, -0.25) is 9.67 Å². The van der Waals surface area contributed by atoms with Gasteiger partial charge < -0.3 is 5.32 Å². The standard InChI is InChI=1S/C16H22N4/c1-16(2,3)13-11-14(20(5)19-13)18-15(17-4)12-9-7-6-8-10-12/h6-11H,1-5H3,(H,17,18). The van der Waals surface area contributed by atoms with Crippen molar-refractivity contribution in [3.05, 3.63) is 47.7 Å². The highest BCUT2D eigenvalue weighted by molar-refractivity contribution is 6.07. The van der Waals surface area contributed by atoms with Crippen LogP contribution in [0.3, 0.4) is 0 Å². The second-order valence-corrected chi connectivity index (χ2v) is 5.85. The van der Waals surface area contributed by atoms with E-state index < -0.39 is 0 Å². The van der Waals surface area contributed by atoms with Gasteiger partial charge in [0.1, 0.15) is 11.7 Å². The third-order valence-electron chi connectivity index (χ3n) is 3.17. The molecule has 0 radical (unpaired) electrons. The second kappa shape index (κ2) is 5.49. The molecular formula is C16H22N4. The minimum Gasteiger partial charge on any atom is -0.325 e. The molecule has 0 fully saturated rings. The van der Waals surface area contributed by atoms with Gasteiger partial charge in [0.25, 0.3) is 0 Å². The quantitative estimate of drug-likeness (QED) is 0.672. The van der Waals surface area contributed by atoms with E-state index in [0.29, 0.717) is 0 Å². The maximum atomic E-state index is 4.56. The van der Waals surface area contributed by atoms with Crippen LogP contribution in [0.1, 0.15) is 32.0 Å².